The van der Waals surface area contributed by atoms with Crippen LogP contribution in [-0.4, -0.2) is 50.0 Å². The van der Waals surface area contributed by atoms with Crippen molar-refractivity contribution in [1.82, 2.24) is 19.9 Å². The fourth-order valence-electron chi connectivity index (χ4n) is 2.43. The monoisotopic (exact) mass is 262 g/mol. The molecule has 7 heteroatoms. The number of likely N-dealkylation sites (tertiary alicyclic amines) is 1. The Hall–Kier alpha value is -2.18. The van der Waals surface area contributed by atoms with Crippen molar-refractivity contribution >= 4 is 11.9 Å². The van der Waals surface area contributed by atoms with Gasteiger partial charge in [0.1, 0.15) is 0 Å². The molecule has 2 aliphatic rings. The minimum absolute atomic E-state index is 0.0407. The Morgan fingerprint density at radius 1 is 1.26 bits per heavy atom. The lowest BCUT2D eigenvalue weighted by Gasteiger charge is -2.40. The number of amides is 1. The average Bonchev–Trinajstić information content (AvgIpc) is 2.98. The van der Waals surface area contributed by atoms with Gasteiger partial charge >= 0.3 is 5.97 Å². The summed E-state index contributed by atoms with van der Waals surface area (Å²) in [5.41, 5.74) is -0.0650. The van der Waals surface area contributed by atoms with E-state index in [9.17, 15) is 9.59 Å². The number of carboxylic acids is 1. The summed E-state index contributed by atoms with van der Waals surface area (Å²) in [5, 5.41) is 16.1. The molecule has 0 saturated carbocycles. The zero-order valence-corrected chi connectivity index (χ0v) is 10.3. The molecule has 1 aliphatic heterocycles. The van der Waals surface area contributed by atoms with Crippen molar-refractivity contribution < 1.29 is 14.7 Å². The van der Waals surface area contributed by atoms with Gasteiger partial charge in [0.25, 0.3) is 0 Å². The van der Waals surface area contributed by atoms with E-state index in [4.69, 9.17) is 5.11 Å². The molecule has 0 aromatic carbocycles. The Labute approximate surface area is 109 Å². The number of hydrogen-bond donors (Lipinski definition) is 1. The summed E-state index contributed by atoms with van der Waals surface area (Å²) in [7, 11) is 0. The van der Waals surface area contributed by atoms with Crippen molar-refractivity contribution in [3.63, 3.8) is 0 Å². The largest absolute Gasteiger partial charge is 0.476 e. The van der Waals surface area contributed by atoms with Crippen molar-refractivity contribution in [3.05, 3.63) is 24.0 Å². The second-order valence-electron chi connectivity index (χ2n) is 4.93. The van der Waals surface area contributed by atoms with Gasteiger partial charge in [-0.05, 0) is 12.8 Å². The number of carbonyl (C=O) groups is 2. The maximum absolute atomic E-state index is 12.1. The van der Waals surface area contributed by atoms with Crippen LogP contribution in [0.1, 0.15) is 29.4 Å². The average molecular weight is 262 g/mol. The molecule has 1 N–H and O–H groups in total. The van der Waals surface area contributed by atoms with E-state index < -0.39 is 5.97 Å². The lowest BCUT2D eigenvalue weighted by molar-refractivity contribution is -0.141. The number of hydrogen-bond acceptors (Lipinski definition) is 4. The molecular formula is C12H14N4O3. The third-order valence-corrected chi connectivity index (χ3v) is 3.63. The van der Waals surface area contributed by atoms with Crippen LogP contribution in [0, 0.1) is 5.92 Å². The molecule has 0 atom stereocenters. The molecule has 3 rings (SSSR count). The first kappa shape index (κ1) is 11.9. The van der Waals surface area contributed by atoms with Gasteiger partial charge in [-0.15, -0.1) is 5.10 Å². The van der Waals surface area contributed by atoms with Gasteiger partial charge in [-0.3, -0.25) is 4.79 Å². The minimum Gasteiger partial charge on any atom is -0.476 e. The maximum atomic E-state index is 12.1. The highest BCUT2D eigenvalue weighted by Crippen LogP contribution is 2.27. The second kappa shape index (κ2) is 4.49. The van der Waals surface area contributed by atoms with Gasteiger partial charge in [-0.1, -0.05) is 17.4 Å². The predicted octanol–water partition coefficient (Wildman–Crippen LogP) is 0.326. The zero-order chi connectivity index (χ0) is 13.4. The van der Waals surface area contributed by atoms with E-state index in [0.717, 1.165) is 12.8 Å². The Kier molecular flexibility index (Phi) is 2.81. The third kappa shape index (κ3) is 2.11. The number of allylic oxidation sites excluding steroid dienone is 2. The molecule has 1 saturated heterocycles. The fourth-order valence-corrected chi connectivity index (χ4v) is 2.43. The standard InChI is InChI=1S/C12H14N4O3/c17-11(8-3-1-2-4-8)15-5-9(6-15)16-7-10(12(18)19)13-14-16/h1-2,7-9H,3-6H2,(H,18,19). The molecule has 100 valence electrons. The van der Waals surface area contributed by atoms with E-state index in [1.807, 2.05) is 12.2 Å². The van der Waals surface area contributed by atoms with Crippen molar-refractivity contribution in [2.75, 3.05) is 13.1 Å². The molecule has 19 heavy (non-hydrogen) atoms. The van der Waals surface area contributed by atoms with Crippen molar-refractivity contribution in [2.45, 2.75) is 18.9 Å². The first-order chi connectivity index (χ1) is 9.15. The van der Waals surface area contributed by atoms with Crippen LogP contribution in [0.15, 0.2) is 18.3 Å². The highest BCUT2D eigenvalue weighted by molar-refractivity contribution is 5.84. The Balaban J connectivity index is 1.57. The molecule has 1 aromatic rings. The highest BCUT2D eigenvalue weighted by atomic mass is 16.4. The molecule has 0 bridgehead atoms. The van der Waals surface area contributed by atoms with Gasteiger partial charge in [0.05, 0.1) is 12.2 Å². The lowest BCUT2D eigenvalue weighted by atomic mass is 10.0. The highest BCUT2D eigenvalue weighted by Gasteiger charge is 2.36. The van der Waals surface area contributed by atoms with E-state index in [0.29, 0.717) is 13.1 Å². The van der Waals surface area contributed by atoms with Gasteiger partial charge in [-0.25, -0.2) is 9.48 Å². The van der Waals surface area contributed by atoms with Gasteiger partial charge < -0.3 is 10.0 Å². The van der Waals surface area contributed by atoms with Crippen molar-refractivity contribution in [2.24, 2.45) is 5.92 Å². The lowest BCUT2D eigenvalue weighted by Crippen LogP contribution is -2.52. The second-order valence-corrected chi connectivity index (χ2v) is 4.93. The number of nitrogens with zero attached hydrogens (tertiary/aromatic N) is 4. The Morgan fingerprint density at radius 2 is 1.95 bits per heavy atom. The summed E-state index contributed by atoms with van der Waals surface area (Å²) in [6.07, 6.45) is 7.14. The van der Waals surface area contributed by atoms with Crippen molar-refractivity contribution in [3.8, 4) is 0 Å². The molecule has 1 aliphatic carbocycles. The first-order valence-electron chi connectivity index (χ1n) is 6.24. The molecule has 1 aromatic heterocycles. The summed E-state index contributed by atoms with van der Waals surface area (Å²) >= 11 is 0. The molecule has 7 nitrogen and oxygen atoms in total. The van der Waals surface area contributed by atoms with Gasteiger partial charge in [0, 0.05) is 19.0 Å². The van der Waals surface area contributed by atoms with Crippen LogP contribution >= 0.6 is 0 Å². The van der Waals surface area contributed by atoms with Crippen LogP contribution in [0.4, 0.5) is 0 Å². The van der Waals surface area contributed by atoms with E-state index in [1.165, 1.54) is 10.9 Å². The van der Waals surface area contributed by atoms with E-state index in [-0.39, 0.29) is 23.6 Å². The summed E-state index contributed by atoms with van der Waals surface area (Å²) in [4.78, 5) is 24.6. The zero-order valence-electron chi connectivity index (χ0n) is 10.3. The number of aromatic nitrogens is 3. The molecule has 1 amide bonds. The summed E-state index contributed by atoms with van der Waals surface area (Å²) < 4.78 is 1.53. The summed E-state index contributed by atoms with van der Waals surface area (Å²) in [5.74, 6) is -0.818. The van der Waals surface area contributed by atoms with Crippen LogP contribution < -0.4 is 0 Å². The van der Waals surface area contributed by atoms with E-state index in [2.05, 4.69) is 10.3 Å². The number of carbonyl (C=O) groups excluding carboxylic acids is 1. The van der Waals surface area contributed by atoms with Gasteiger partial charge in [0.15, 0.2) is 5.69 Å². The normalized spacial score (nSPS) is 19.7. The summed E-state index contributed by atoms with van der Waals surface area (Å²) in [6, 6.07) is 0.0407. The van der Waals surface area contributed by atoms with Crippen LogP contribution in [0.2, 0.25) is 0 Å². The molecule has 1 fully saturated rings. The molecular weight excluding hydrogens is 248 g/mol. The number of aromatic carboxylic acids is 1. The predicted molar refractivity (Wildman–Crippen MR) is 64.5 cm³/mol. The van der Waals surface area contributed by atoms with E-state index in [1.54, 1.807) is 4.90 Å². The molecule has 0 radical (unpaired) electrons. The third-order valence-electron chi connectivity index (χ3n) is 3.63. The van der Waals surface area contributed by atoms with Gasteiger partial charge in [-0.2, -0.15) is 0 Å². The fraction of sp³-hybridized carbons (Fsp3) is 0.500. The Bertz CT molecular complexity index is 537. The van der Waals surface area contributed by atoms with Gasteiger partial charge in [0.2, 0.25) is 5.91 Å². The number of carboxylic acid groups (broad SMARTS) is 1. The van der Waals surface area contributed by atoms with E-state index >= 15 is 0 Å². The van der Waals surface area contributed by atoms with Crippen LogP contribution in [0.5, 0.6) is 0 Å². The van der Waals surface area contributed by atoms with Crippen LogP contribution in [0.25, 0.3) is 0 Å². The maximum Gasteiger partial charge on any atom is 0.358 e. The molecule has 0 unspecified atom stereocenters. The van der Waals surface area contributed by atoms with Crippen LogP contribution in [0.3, 0.4) is 0 Å². The molecule has 0 spiro atoms. The first-order valence-corrected chi connectivity index (χ1v) is 6.24. The van der Waals surface area contributed by atoms with Crippen LogP contribution in [-0.2, 0) is 4.79 Å². The smallest absolute Gasteiger partial charge is 0.358 e. The SMILES string of the molecule is O=C(O)c1cn(C2CN(C(=O)C3CC=CC3)C2)nn1. The molecule has 2 heterocycles. The quantitative estimate of drug-likeness (QED) is 0.793. The van der Waals surface area contributed by atoms with Crippen molar-refractivity contribution in [1.29, 1.82) is 0 Å². The topological polar surface area (TPSA) is 88.3 Å². The number of rotatable bonds is 3. The Morgan fingerprint density at radius 3 is 2.53 bits per heavy atom. The summed E-state index contributed by atoms with van der Waals surface area (Å²) in [6.45, 7) is 1.16. The minimum atomic E-state index is -1.09.